The van der Waals surface area contributed by atoms with Crippen molar-refractivity contribution >= 4 is 27.3 Å². The Labute approximate surface area is 139 Å². The quantitative estimate of drug-likeness (QED) is 0.747. The lowest BCUT2D eigenvalue weighted by molar-refractivity contribution is -0.115. The smallest absolute Gasteiger partial charge is 0.238 e. The number of aryl methyl sites for hydroxylation is 1. The maximum absolute atomic E-state index is 12.1. The molecule has 24 heavy (non-hydrogen) atoms. The average Bonchev–Trinajstić information content (AvgIpc) is 2.86. The first-order valence-corrected chi connectivity index (χ1v) is 8.73. The van der Waals surface area contributed by atoms with E-state index in [1.54, 1.807) is 24.4 Å². The fourth-order valence-electron chi connectivity index (χ4n) is 2.38. The minimum Gasteiger partial charge on any atom is -0.324 e. The van der Waals surface area contributed by atoms with Gasteiger partial charge < -0.3 is 9.72 Å². The van der Waals surface area contributed by atoms with Gasteiger partial charge in [-0.05, 0) is 36.8 Å². The summed E-state index contributed by atoms with van der Waals surface area (Å²) >= 11 is 0. The molecule has 7 nitrogen and oxygen atoms in total. The number of hydrogen-bond donors (Lipinski definition) is 2. The molecule has 0 spiro atoms. The number of hydrogen-bond acceptors (Lipinski definition) is 4. The molecule has 0 fully saturated rings. The summed E-state index contributed by atoms with van der Waals surface area (Å²) in [5, 5.41) is 7.85. The van der Waals surface area contributed by atoms with Crippen LogP contribution in [0.3, 0.4) is 0 Å². The highest BCUT2D eigenvalue weighted by Crippen LogP contribution is 2.13. The van der Waals surface area contributed by atoms with Crippen molar-refractivity contribution in [1.29, 1.82) is 0 Å². The van der Waals surface area contributed by atoms with Crippen LogP contribution in [0.5, 0.6) is 0 Å². The molecule has 0 saturated carbocycles. The zero-order chi connectivity index (χ0) is 17.3. The minimum atomic E-state index is -3.72. The molecule has 0 aliphatic rings. The van der Waals surface area contributed by atoms with E-state index in [1.165, 1.54) is 12.1 Å². The van der Waals surface area contributed by atoms with Gasteiger partial charge in [0.25, 0.3) is 0 Å². The second-order valence-corrected chi connectivity index (χ2v) is 7.04. The Bertz CT molecular complexity index is 1010. The highest BCUT2D eigenvalue weighted by molar-refractivity contribution is 7.89. The van der Waals surface area contributed by atoms with E-state index in [0.717, 1.165) is 11.3 Å². The van der Waals surface area contributed by atoms with Crippen molar-refractivity contribution < 1.29 is 13.2 Å². The van der Waals surface area contributed by atoms with Gasteiger partial charge >= 0.3 is 0 Å². The molecular formula is C16H16N4O3S. The first kappa shape index (κ1) is 16.2. The van der Waals surface area contributed by atoms with Gasteiger partial charge in [0, 0.05) is 12.4 Å². The van der Waals surface area contributed by atoms with Crippen molar-refractivity contribution in [3.63, 3.8) is 0 Å². The Morgan fingerprint density at radius 1 is 1.17 bits per heavy atom. The average molecular weight is 344 g/mol. The highest BCUT2D eigenvalue weighted by Gasteiger charge is 2.09. The molecular weight excluding hydrogens is 328 g/mol. The molecule has 3 aromatic rings. The number of pyridine rings is 1. The van der Waals surface area contributed by atoms with Crippen LogP contribution in [0.15, 0.2) is 53.7 Å². The van der Waals surface area contributed by atoms with Crippen molar-refractivity contribution in [3.05, 3.63) is 60.0 Å². The molecule has 0 aliphatic heterocycles. The molecule has 8 heteroatoms. The molecule has 0 aliphatic carbocycles. The van der Waals surface area contributed by atoms with Crippen LogP contribution >= 0.6 is 0 Å². The van der Waals surface area contributed by atoms with Gasteiger partial charge in [-0.1, -0.05) is 12.1 Å². The minimum absolute atomic E-state index is 0.0209. The number of carbonyl (C=O) groups is 1. The number of primary sulfonamides is 1. The van der Waals surface area contributed by atoms with Crippen LogP contribution in [0, 0.1) is 6.92 Å². The largest absolute Gasteiger partial charge is 0.324 e. The summed E-state index contributed by atoms with van der Waals surface area (Å²) in [7, 11) is -3.72. The molecule has 3 N–H and O–H groups in total. The van der Waals surface area contributed by atoms with Crippen LogP contribution in [-0.2, 0) is 21.2 Å². The number of imidazole rings is 1. The number of aromatic nitrogens is 2. The van der Waals surface area contributed by atoms with Gasteiger partial charge in [0.05, 0.1) is 22.7 Å². The summed E-state index contributed by atoms with van der Waals surface area (Å²) in [4.78, 5) is 16.5. The fraction of sp³-hybridized carbons (Fsp3) is 0.125. The summed E-state index contributed by atoms with van der Waals surface area (Å²) in [6, 6.07) is 9.52. The summed E-state index contributed by atoms with van der Waals surface area (Å²) in [6.07, 6.45) is 3.79. The number of sulfonamides is 1. The number of carbonyl (C=O) groups excluding carboxylic acids is 1. The Kier molecular flexibility index (Phi) is 4.08. The van der Waals surface area contributed by atoms with E-state index in [2.05, 4.69) is 10.3 Å². The van der Waals surface area contributed by atoms with Gasteiger partial charge in [-0.3, -0.25) is 4.79 Å². The molecule has 124 valence electrons. The molecule has 1 aromatic carbocycles. The number of nitrogens with zero attached hydrogens (tertiary/aromatic N) is 2. The zero-order valence-corrected chi connectivity index (χ0v) is 13.7. The van der Waals surface area contributed by atoms with Crippen LogP contribution in [0.1, 0.15) is 11.3 Å². The lowest BCUT2D eigenvalue weighted by atomic mass is 10.1. The van der Waals surface area contributed by atoms with E-state index >= 15 is 0 Å². The van der Waals surface area contributed by atoms with Crippen molar-refractivity contribution in [2.45, 2.75) is 18.2 Å². The van der Waals surface area contributed by atoms with Crippen molar-refractivity contribution in [3.8, 4) is 0 Å². The van der Waals surface area contributed by atoms with Gasteiger partial charge in [0.2, 0.25) is 15.9 Å². The number of amides is 1. The van der Waals surface area contributed by atoms with Crippen LogP contribution in [0.2, 0.25) is 0 Å². The molecule has 3 rings (SSSR count). The van der Waals surface area contributed by atoms with Gasteiger partial charge in [-0.15, -0.1) is 0 Å². The standard InChI is InChI=1S/C16H16N4O3S/c1-11-9-20-10-13(4-7-15(20)18-11)19-16(21)8-12-2-5-14(6-3-12)24(17,22)23/h2-7,9-10H,8H2,1H3,(H,19,21)(H2,17,22,23). The molecule has 0 unspecified atom stereocenters. The molecule has 1 amide bonds. The molecule has 0 saturated heterocycles. The number of benzene rings is 1. The van der Waals surface area contributed by atoms with Gasteiger partial charge in [0.1, 0.15) is 5.65 Å². The Morgan fingerprint density at radius 3 is 2.54 bits per heavy atom. The van der Waals surface area contributed by atoms with E-state index in [9.17, 15) is 13.2 Å². The van der Waals surface area contributed by atoms with E-state index < -0.39 is 10.0 Å². The Hall–Kier alpha value is -2.71. The normalized spacial score (nSPS) is 11.6. The summed E-state index contributed by atoms with van der Waals surface area (Å²) < 4.78 is 24.3. The molecule has 0 radical (unpaired) electrons. The number of fused-ring (bicyclic) bond motifs is 1. The second kappa shape index (κ2) is 6.06. The molecule has 0 atom stereocenters. The predicted octanol–water partition coefficient (Wildman–Crippen LogP) is 1.47. The summed E-state index contributed by atoms with van der Waals surface area (Å²) in [6.45, 7) is 1.90. The van der Waals surface area contributed by atoms with Gasteiger partial charge in [-0.25, -0.2) is 18.5 Å². The summed E-state index contributed by atoms with van der Waals surface area (Å²) in [5.41, 5.74) is 3.06. The lowest BCUT2D eigenvalue weighted by Crippen LogP contribution is -2.15. The second-order valence-electron chi connectivity index (χ2n) is 5.48. The third kappa shape index (κ3) is 3.61. The topological polar surface area (TPSA) is 107 Å². The SMILES string of the molecule is Cc1cn2cc(NC(=O)Cc3ccc(S(N)(=O)=O)cc3)ccc2n1. The first-order valence-electron chi connectivity index (χ1n) is 7.18. The van der Waals surface area contributed by atoms with Crippen LogP contribution < -0.4 is 10.5 Å². The fourth-order valence-corrected chi connectivity index (χ4v) is 2.90. The Morgan fingerprint density at radius 2 is 1.88 bits per heavy atom. The monoisotopic (exact) mass is 344 g/mol. The van der Waals surface area contributed by atoms with Crippen LogP contribution in [-0.4, -0.2) is 23.7 Å². The first-order chi connectivity index (χ1) is 11.3. The summed E-state index contributed by atoms with van der Waals surface area (Å²) in [5.74, 6) is -0.199. The lowest BCUT2D eigenvalue weighted by Gasteiger charge is -2.06. The van der Waals surface area contributed by atoms with Crippen molar-refractivity contribution in [1.82, 2.24) is 9.38 Å². The maximum atomic E-state index is 12.1. The van der Waals surface area contributed by atoms with Gasteiger partial charge in [0.15, 0.2) is 0 Å². The number of nitrogens with one attached hydrogen (secondary N) is 1. The molecule has 2 aromatic heterocycles. The van der Waals surface area contributed by atoms with E-state index in [-0.39, 0.29) is 17.2 Å². The van der Waals surface area contributed by atoms with E-state index in [1.807, 2.05) is 23.6 Å². The highest BCUT2D eigenvalue weighted by atomic mass is 32.2. The third-order valence-electron chi connectivity index (χ3n) is 3.47. The van der Waals surface area contributed by atoms with E-state index in [0.29, 0.717) is 11.3 Å². The number of rotatable bonds is 4. The van der Waals surface area contributed by atoms with E-state index in [4.69, 9.17) is 5.14 Å². The number of anilines is 1. The van der Waals surface area contributed by atoms with Crippen LogP contribution in [0.4, 0.5) is 5.69 Å². The van der Waals surface area contributed by atoms with Crippen molar-refractivity contribution in [2.75, 3.05) is 5.32 Å². The molecule has 2 heterocycles. The number of nitrogens with two attached hydrogens (primary N) is 1. The van der Waals surface area contributed by atoms with Crippen molar-refractivity contribution in [2.24, 2.45) is 5.14 Å². The van der Waals surface area contributed by atoms with Gasteiger partial charge in [-0.2, -0.15) is 0 Å². The van der Waals surface area contributed by atoms with Crippen LogP contribution in [0.25, 0.3) is 5.65 Å². The molecule has 0 bridgehead atoms. The predicted molar refractivity (Wildman–Crippen MR) is 90.1 cm³/mol. The maximum Gasteiger partial charge on any atom is 0.238 e. The Balaban J connectivity index is 1.70. The zero-order valence-electron chi connectivity index (χ0n) is 12.9. The third-order valence-corrected chi connectivity index (χ3v) is 4.40.